The van der Waals surface area contributed by atoms with Crippen molar-refractivity contribution in [3.8, 4) is 5.75 Å². The van der Waals surface area contributed by atoms with Crippen LogP contribution in [0.3, 0.4) is 0 Å². The van der Waals surface area contributed by atoms with E-state index in [2.05, 4.69) is 21.3 Å². The molecular weight excluding hydrogens is 364 g/mol. The zero-order valence-electron chi connectivity index (χ0n) is 14.8. The van der Waals surface area contributed by atoms with Gasteiger partial charge in [-0.2, -0.15) is 0 Å². The molecule has 0 spiro atoms. The van der Waals surface area contributed by atoms with Gasteiger partial charge in [-0.3, -0.25) is 19.7 Å². The molecular formula is C19H16N4O5. The van der Waals surface area contributed by atoms with Gasteiger partial charge in [-0.25, -0.2) is 4.79 Å². The molecule has 2 aliphatic rings. The highest BCUT2D eigenvalue weighted by atomic mass is 16.5. The van der Waals surface area contributed by atoms with Crippen molar-refractivity contribution in [2.75, 3.05) is 17.2 Å². The summed E-state index contributed by atoms with van der Waals surface area (Å²) < 4.78 is 5.28. The Balaban J connectivity index is 1.56. The predicted molar refractivity (Wildman–Crippen MR) is 99.0 cm³/mol. The largest absolute Gasteiger partial charge is 0.482 e. The summed E-state index contributed by atoms with van der Waals surface area (Å²) in [5.41, 5.74) is 0.518. The van der Waals surface area contributed by atoms with E-state index in [0.29, 0.717) is 28.3 Å². The highest BCUT2D eigenvalue weighted by Crippen LogP contribution is 2.29. The van der Waals surface area contributed by atoms with Gasteiger partial charge in [0, 0.05) is 11.3 Å². The van der Waals surface area contributed by atoms with Crippen molar-refractivity contribution < 1.29 is 23.9 Å². The van der Waals surface area contributed by atoms with Gasteiger partial charge in [0.25, 0.3) is 17.7 Å². The Kier molecular flexibility index (Phi) is 3.99. The fraction of sp³-hybridized carbons (Fsp3) is 0.158. The van der Waals surface area contributed by atoms with Crippen molar-refractivity contribution in [1.29, 1.82) is 0 Å². The number of anilines is 2. The number of imide groups is 1. The van der Waals surface area contributed by atoms with Gasteiger partial charge < -0.3 is 20.7 Å². The van der Waals surface area contributed by atoms with E-state index in [9.17, 15) is 19.2 Å². The first-order chi connectivity index (χ1) is 13.3. The maximum atomic E-state index is 12.6. The van der Waals surface area contributed by atoms with E-state index in [1.54, 1.807) is 43.3 Å². The van der Waals surface area contributed by atoms with Crippen molar-refractivity contribution >= 4 is 35.1 Å². The lowest BCUT2D eigenvalue weighted by Crippen LogP contribution is -2.40. The molecule has 1 unspecified atom stereocenters. The van der Waals surface area contributed by atoms with Crippen LogP contribution in [0.15, 0.2) is 42.5 Å². The molecule has 142 valence electrons. The second-order valence-electron chi connectivity index (χ2n) is 6.62. The number of nitrogens with one attached hydrogen (secondary N) is 4. The summed E-state index contributed by atoms with van der Waals surface area (Å²) in [5, 5.41) is 10.2. The fourth-order valence-electron chi connectivity index (χ4n) is 3.08. The van der Waals surface area contributed by atoms with Gasteiger partial charge in [0.05, 0.1) is 5.69 Å². The second kappa shape index (κ2) is 6.38. The first kappa shape index (κ1) is 17.5. The number of carbonyl (C=O) groups is 4. The number of carbonyl (C=O) groups excluding carboxylic acids is 4. The Labute approximate surface area is 159 Å². The highest BCUT2D eigenvalue weighted by Gasteiger charge is 2.43. The molecule has 9 nitrogen and oxygen atoms in total. The molecule has 2 aromatic rings. The monoisotopic (exact) mass is 380 g/mol. The van der Waals surface area contributed by atoms with Gasteiger partial charge in [0.2, 0.25) is 0 Å². The van der Waals surface area contributed by atoms with Crippen molar-refractivity contribution in [3.05, 3.63) is 53.6 Å². The number of amides is 5. The number of hydrogen-bond donors (Lipinski definition) is 4. The third-order valence-corrected chi connectivity index (χ3v) is 4.62. The number of urea groups is 1. The minimum atomic E-state index is -1.22. The first-order valence-electron chi connectivity index (χ1n) is 8.47. The Morgan fingerprint density at radius 3 is 2.68 bits per heavy atom. The average Bonchev–Trinajstić information content (AvgIpc) is 2.94. The minimum Gasteiger partial charge on any atom is -0.482 e. The van der Waals surface area contributed by atoms with Crippen LogP contribution in [0, 0.1) is 0 Å². The summed E-state index contributed by atoms with van der Waals surface area (Å²) in [6, 6.07) is 10.8. The van der Waals surface area contributed by atoms with E-state index in [1.165, 1.54) is 6.07 Å². The fourth-order valence-corrected chi connectivity index (χ4v) is 3.08. The van der Waals surface area contributed by atoms with Gasteiger partial charge in [0.15, 0.2) is 6.61 Å². The lowest BCUT2D eigenvalue weighted by molar-refractivity contribution is -0.123. The molecule has 1 atom stereocenters. The molecule has 1 saturated heterocycles. The molecule has 2 heterocycles. The maximum Gasteiger partial charge on any atom is 0.322 e. The smallest absolute Gasteiger partial charge is 0.322 e. The third-order valence-electron chi connectivity index (χ3n) is 4.62. The topological polar surface area (TPSA) is 126 Å². The van der Waals surface area contributed by atoms with Crippen molar-refractivity contribution in [2.45, 2.75) is 12.5 Å². The van der Waals surface area contributed by atoms with Crippen LogP contribution in [0.25, 0.3) is 0 Å². The average molecular weight is 380 g/mol. The van der Waals surface area contributed by atoms with Crippen molar-refractivity contribution in [3.63, 3.8) is 0 Å². The van der Waals surface area contributed by atoms with Crippen molar-refractivity contribution in [1.82, 2.24) is 10.6 Å². The van der Waals surface area contributed by atoms with E-state index >= 15 is 0 Å². The Hall–Kier alpha value is -3.88. The van der Waals surface area contributed by atoms with Crippen LogP contribution >= 0.6 is 0 Å². The predicted octanol–water partition coefficient (Wildman–Crippen LogP) is 1.32. The van der Waals surface area contributed by atoms with E-state index < -0.39 is 23.4 Å². The van der Waals surface area contributed by atoms with Gasteiger partial charge in [-0.1, -0.05) is 12.1 Å². The van der Waals surface area contributed by atoms with Gasteiger partial charge in [-0.05, 0) is 42.8 Å². The quantitative estimate of drug-likeness (QED) is 0.598. The normalized spacial score (nSPS) is 20.4. The van der Waals surface area contributed by atoms with E-state index in [-0.39, 0.29) is 12.5 Å². The van der Waals surface area contributed by atoms with Crippen LogP contribution in [0.4, 0.5) is 16.2 Å². The van der Waals surface area contributed by atoms with Crippen LogP contribution in [-0.2, 0) is 15.1 Å². The molecule has 28 heavy (non-hydrogen) atoms. The summed E-state index contributed by atoms with van der Waals surface area (Å²) in [7, 11) is 0. The molecule has 0 saturated carbocycles. The molecule has 9 heteroatoms. The number of rotatable bonds is 3. The molecule has 2 aliphatic heterocycles. The van der Waals surface area contributed by atoms with Crippen LogP contribution in [0.2, 0.25) is 0 Å². The zero-order chi connectivity index (χ0) is 19.9. The van der Waals surface area contributed by atoms with Crippen LogP contribution in [0.5, 0.6) is 5.75 Å². The van der Waals surface area contributed by atoms with Crippen LogP contribution in [0.1, 0.15) is 22.8 Å². The molecule has 2 aromatic carbocycles. The van der Waals surface area contributed by atoms with Crippen LogP contribution in [-0.4, -0.2) is 30.4 Å². The summed E-state index contributed by atoms with van der Waals surface area (Å²) in [4.78, 5) is 47.6. The summed E-state index contributed by atoms with van der Waals surface area (Å²) in [5.74, 6) is -0.659. The Morgan fingerprint density at radius 1 is 1.11 bits per heavy atom. The third kappa shape index (κ3) is 3.02. The van der Waals surface area contributed by atoms with Gasteiger partial charge in [0.1, 0.15) is 11.3 Å². The van der Waals surface area contributed by atoms with E-state index in [0.717, 1.165) is 0 Å². The molecule has 0 bridgehead atoms. The summed E-state index contributed by atoms with van der Waals surface area (Å²) >= 11 is 0. The SMILES string of the molecule is CC1(c2cccc(NC(=O)c3ccc4c(c3)NC(=O)CO4)c2)NC(=O)NC1=O. The molecule has 5 amide bonds. The molecule has 0 aromatic heterocycles. The van der Waals surface area contributed by atoms with E-state index in [4.69, 9.17) is 4.74 Å². The molecule has 0 aliphatic carbocycles. The maximum absolute atomic E-state index is 12.6. The lowest BCUT2D eigenvalue weighted by Gasteiger charge is -2.22. The van der Waals surface area contributed by atoms with Crippen molar-refractivity contribution in [2.24, 2.45) is 0 Å². The molecule has 0 radical (unpaired) electrons. The number of benzene rings is 2. The molecule has 1 fully saturated rings. The lowest BCUT2D eigenvalue weighted by atomic mass is 9.92. The van der Waals surface area contributed by atoms with Gasteiger partial charge >= 0.3 is 6.03 Å². The number of fused-ring (bicyclic) bond motifs is 1. The summed E-state index contributed by atoms with van der Waals surface area (Å²) in [6.07, 6.45) is 0. The first-order valence-corrected chi connectivity index (χ1v) is 8.47. The van der Waals surface area contributed by atoms with E-state index in [1.807, 2.05) is 0 Å². The standard InChI is InChI=1S/C19H16N4O5/c1-19(17(26)22-18(27)23-19)11-3-2-4-12(8-11)20-16(25)10-5-6-14-13(7-10)21-15(24)9-28-14/h2-8H,9H2,1H3,(H,20,25)(H,21,24)(H2,22,23,26,27). The summed E-state index contributed by atoms with van der Waals surface area (Å²) in [6.45, 7) is 1.52. The zero-order valence-corrected chi connectivity index (χ0v) is 14.8. The molecule has 4 N–H and O–H groups in total. The highest BCUT2D eigenvalue weighted by molar-refractivity contribution is 6.08. The Bertz CT molecular complexity index is 1030. The number of ether oxygens (including phenoxy) is 1. The number of hydrogen-bond acceptors (Lipinski definition) is 5. The van der Waals surface area contributed by atoms with Gasteiger partial charge in [-0.15, -0.1) is 0 Å². The second-order valence-corrected chi connectivity index (χ2v) is 6.62. The molecule has 4 rings (SSSR count). The van der Waals surface area contributed by atoms with Crippen LogP contribution < -0.4 is 26.0 Å². The minimum absolute atomic E-state index is 0.0613. The Morgan fingerprint density at radius 2 is 1.93 bits per heavy atom.